The van der Waals surface area contributed by atoms with E-state index in [2.05, 4.69) is 11.1 Å². The summed E-state index contributed by atoms with van der Waals surface area (Å²) in [7, 11) is 1.57. The predicted molar refractivity (Wildman–Crippen MR) is 165 cm³/mol. The normalized spacial score (nSPS) is 14.3. The van der Waals surface area contributed by atoms with Gasteiger partial charge >= 0.3 is 5.97 Å². The van der Waals surface area contributed by atoms with Crippen LogP contribution in [0.1, 0.15) is 32.7 Å². The van der Waals surface area contributed by atoms with Crippen molar-refractivity contribution in [3.05, 3.63) is 106 Å². The Bertz CT molecular complexity index is 1820. The number of carbonyl (C=O) groups excluding carboxylic acids is 4. The number of anilines is 1. The fourth-order valence-corrected chi connectivity index (χ4v) is 6.00. The summed E-state index contributed by atoms with van der Waals surface area (Å²) >= 11 is 12.9. The molecular weight excluding hydrogens is 625 g/mol. The number of halogens is 2. The van der Waals surface area contributed by atoms with Crippen LogP contribution in [0.4, 0.5) is 5.69 Å². The molecule has 44 heavy (non-hydrogen) atoms. The van der Waals surface area contributed by atoms with Crippen LogP contribution in [-0.2, 0) is 14.3 Å². The Hall–Kier alpha value is -4.69. The minimum Gasteiger partial charge on any atom is -0.497 e. The van der Waals surface area contributed by atoms with Crippen molar-refractivity contribution >= 4 is 64.2 Å². The van der Waals surface area contributed by atoms with E-state index in [4.69, 9.17) is 32.7 Å². The molecule has 0 aliphatic carbocycles. The topological polar surface area (TPSA) is 127 Å². The number of hydrogen-bond acceptors (Lipinski definition) is 9. The third-order valence-electron chi connectivity index (χ3n) is 6.65. The molecule has 0 saturated carbocycles. The Morgan fingerprint density at radius 1 is 1.02 bits per heavy atom. The van der Waals surface area contributed by atoms with E-state index in [-0.39, 0.29) is 33.8 Å². The van der Waals surface area contributed by atoms with Crippen LogP contribution in [0.15, 0.2) is 83.9 Å². The van der Waals surface area contributed by atoms with Crippen LogP contribution in [-0.4, -0.2) is 47.5 Å². The number of nitriles is 1. The average Bonchev–Trinajstić information content (AvgIpc) is 3.31. The zero-order chi connectivity index (χ0) is 31.4. The number of rotatable bonds is 9. The number of nitrogens with zero attached hydrogens (tertiary/aromatic N) is 3. The summed E-state index contributed by atoms with van der Waals surface area (Å²) in [4.78, 5) is 56.9. The van der Waals surface area contributed by atoms with E-state index in [0.29, 0.717) is 21.5 Å². The number of ketones is 1. The summed E-state index contributed by atoms with van der Waals surface area (Å²) in [6.45, 7) is -0.539. The molecule has 9 nitrogen and oxygen atoms in total. The first-order valence-electron chi connectivity index (χ1n) is 13.0. The van der Waals surface area contributed by atoms with Crippen molar-refractivity contribution in [3.63, 3.8) is 0 Å². The Labute approximate surface area is 266 Å². The van der Waals surface area contributed by atoms with E-state index in [1.54, 1.807) is 31.4 Å². The van der Waals surface area contributed by atoms with Crippen LogP contribution >= 0.6 is 35.0 Å². The Kier molecular flexibility index (Phi) is 9.30. The number of thioether (sulfide) groups is 1. The van der Waals surface area contributed by atoms with Crippen LogP contribution in [0.3, 0.4) is 0 Å². The molecule has 1 fully saturated rings. The Balaban J connectivity index is 1.26. The minimum atomic E-state index is -0.802. The van der Waals surface area contributed by atoms with Crippen LogP contribution < -0.4 is 9.64 Å². The molecule has 1 unspecified atom stereocenters. The van der Waals surface area contributed by atoms with E-state index >= 15 is 0 Å². The molecule has 1 saturated heterocycles. The SMILES string of the molecule is COc1ccc(-c2ccc(C#N)c(SC3CC(=O)N(c4ccc(C(=O)OCC(=O)c5ccc(Cl)cc5Cl)cc4)C3=O)n2)cc1. The third-order valence-corrected chi connectivity index (χ3v) is 8.39. The van der Waals surface area contributed by atoms with E-state index in [1.807, 2.05) is 12.1 Å². The van der Waals surface area contributed by atoms with Gasteiger partial charge in [-0.25, -0.2) is 14.7 Å². The van der Waals surface area contributed by atoms with Crippen molar-refractivity contribution in [2.75, 3.05) is 18.6 Å². The van der Waals surface area contributed by atoms with E-state index < -0.39 is 35.4 Å². The van der Waals surface area contributed by atoms with Gasteiger partial charge in [0.1, 0.15) is 16.8 Å². The number of carbonyl (C=O) groups is 4. The van der Waals surface area contributed by atoms with Crippen LogP contribution in [0.25, 0.3) is 11.3 Å². The Morgan fingerprint density at radius 2 is 1.75 bits per heavy atom. The number of Topliss-reactive ketones (excluding diaryl/α,β-unsaturated/α-hetero) is 1. The highest BCUT2D eigenvalue weighted by Gasteiger charge is 2.41. The molecule has 1 aromatic heterocycles. The zero-order valence-electron chi connectivity index (χ0n) is 23.0. The fourth-order valence-electron chi connectivity index (χ4n) is 4.39. The lowest BCUT2D eigenvalue weighted by molar-refractivity contribution is -0.121. The molecule has 220 valence electrons. The van der Waals surface area contributed by atoms with E-state index in [0.717, 1.165) is 22.2 Å². The maximum atomic E-state index is 13.3. The summed E-state index contributed by atoms with van der Waals surface area (Å²) in [5, 5.41) is 9.68. The first-order chi connectivity index (χ1) is 21.2. The summed E-state index contributed by atoms with van der Waals surface area (Å²) in [6, 6.07) is 22.7. The van der Waals surface area contributed by atoms with Gasteiger partial charge in [-0.3, -0.25) is 14.4 Å². The molecule has 1 aliphatic rings. The van der Waals surface area contributed by atoms with Gasteiger partial charge in [0.15, 0.2) is 6.61 Å². The molecule has 2 amide bonds. The highest BCUT2D eigenvalue weighted by atomic mass is 35.5. The van der Waals surface area contributed by atoms with Gasteiger partial charge in [0.25, 0.3) is 0 Å². The van der Waals surface area contributed by atoms with Crippen LogP contribution in [0.2, 0.25) is 10.0 Å². The smallest absolute Gasteiger partial charge is 0.338 e. The summed E-state index contributed by atoms with van der Waals surface area (Å²) in [6.07, 6.45) is -0.0953. The fraction of sp³-hybridized carbons (Fsp3) is 0.125. The van der Waals surface area contributed by atoms with Gasteiger partial charge in [-0.15, -0.1) is 0 Å². The second-order valence-electron chi connectivity index (χ2n) is 9.44. The molecule has 4 aromatic rings. The van der Waals surface area contributed by atoms with Crippen LogP contribution in [0.5, 0.6) is 5.75 Å². The molecule has 0 bridgehead atoms. The van der Waals surface area contributed by atoms with Gasteiger partial charge in [0, 0.05) is 22.6 Å². The number of ether oxygens (including phenoxy) is 2. The lowest BCUT2D eigenvalue weighted by atomic mass is 10.1. The minimum absolute atomic E-state index is 0.0953. The van der Waals surface area contributed by atoms with Gasteiger partial charge in [0.2, 0.25) is 17.6 Å². The van der Waals surface area contributed by atoms with Gasteiger partial charge in [-0.2, -0.15) is 5.26 Å². The summed E-state index contributed by atoms with van der Waals surface area (Å²) in [5.41, 5.74) is 2.23. The third kappa shape index (κ3) is 6.60. The summed E-state index contributed by atoms with van der Waals surface area (Å²) < 4.78 is 10.3. The largest absolute Gasteiger partial charge is 0.497 e. The highest BCUT2D eigenvalue weighted by Crippen LogP contribution is 2.36. The van der Waals surface area contributed by atoms with Crippen molar-refractivity contribution in [1.82, 2.24) is 4.98 Å². The van der Waals surface area contributed by atoms with Crippen molar-refractivity contribution in [2.24, 2.45) is 0 Å². The lowest BCUT2D eigenvalue weighted by Gasteiger charge is -2.15. The molecule has 1 aliphatic heterocycles. The number of esters is 1. The molecular formula is C32H21Cl2N3O6S. The Morgan fingerprint density at radius 3 is 2.41 bits per heavy atom. The number of aromatic nitrogens is 1. The number of pyridine rings is 1. The number of methoxy groups -OCH3 is 1. The molecule has 3 aromatic carbocycles. The van der Waals surface area contributed by atoms with Gasteiger partial charge < -0.3 is 9.47 Å². The van der Waals surface area contributed by atoms with Crippen molar-refractivity contribution in [1.29, 1.82) is 5.26 Å². The second kappa shape index (κ2) is 13.3. The van der Waals surface area contributed by atoms with E-state index in [1.165, 1.54) is 42.5 Å². The van der Waals surface area contributed by atoms with Gasteiger partial charge in [-0.05, 0) is 78.9 Å². The molecule has 5 rings (SSSR count). The second-order valence-corrected chi connectivity index (χ2v) is 11.5. The molecule has 2 heterocycles. The van der Waals surface area contributed by atoms with Crippen molar-refractivity contribution in [2.45, 2.75) is 16.7 Å². The summed E-state index contributed by atoms with van der Waals surface area (Å²) in [5.74, 6) is -1.49. The van der Waals surface area contributed by atoms with Crippen molar-refractivity contribution < 1.29 is 28.7 Å². The number of imide groups is 1. The molecule has 0 radical (unpaired) electrons. The maximum Gasteiger partial charge on any atom is 0.338 e. The molecule has 0 N–H and O–H groups in total. The number of hydrogen-bond donors (Lipinski definition) is 0. The first-order valence-corrected chi connectivity index (χ1v) is 14.7. The lowest BCUT2D eigenvalue weighted by Crippen LogP contribution is -2.31. The van der Waals surface area contributed by atoms with Gasteiger partial charge in [-0.1, -0.05) is 35.0 Å². The molecule has 12 heteroatoms. The zero-order valence-corrected chi connectivity index (χ0v) is 25.3. The van der Waals surface area contributed by atoms with Crippen molar-refractivity contribution in [3.8, 4) is 23.1 Å². The highest BCUT2D eigenvalue weighted by molar-refractivity contribution is 8.00. The van der Waals surface area contributed by atoms with E-state index in [9.17, 15) is 24.4 Å². The number of amides is 2. The first kappa shape index (κ1) is 30.8. The maximum absolute atomic E-state index is 13.3. The molecule has 1 atom stereocenters. The standard InChI is InChI=1S/C32H21Cl2N3O6S/c1-42-23-10-4-18(5-11-23)26-13-6-20(16-35)30(36-26)44-28-15-29(39)37(31(28)40)22-8-2-19(3-9-22)32(41)43-17-27(38)24-12-7-21(33)14-25(24)34/h2-14,28H,15,17H2,1H3. The molecule has 0 spiro atoms. The van der Waals surface area contributed by atoms with Gasteiger partial charge in [0.05, 0.1) is 39.9 Å². The monoisotopic (exact) mass is 645 g/mol. The number of benzene rings is 3. The average molecular weight is 647 g/mol. The van der Waals surface area contributed by atoms with Crippen LogP contribution in [0, 0.1) is 11.3 Å². The predicted octanol–water partition coefficient (Wildman–Crippen LogP) is 6.40. The quantitative estimate of drug-likeness (QED) is 0.115.